The lowest BCUT2D eigenvalue weighted by atomic mass is 10.2. The maximum absolute atomic E-state index is 12.9. The summed E-state index contributed by atoms with van der Waals surface area (Å²) in [6.45, 7) is 0.536. The van der Waals surface area contributed by atoms with Gasteiger partial charge in [-0.05, 0) is 18.6 Å². The van der Waals surface area contributed by atoms with Crippen LogP contribution < -0.4 is 5.73 Å². The summed E-state index contributed by atoms with van der Waals surface area (Å²) >= 11 is 0. The maximum atomic E-state index is 12.9. The maximum Gasteiger partial charge on any atom is 0.212 e. The molecule has 1 aromatic carbocycles. The summed E-state index contributed by atoms with van der Waals surface area (Å²) in [5.74, 6) is 0.0791. The van der Waals surface area contributed by atoms with Crippen LogP contribution in [0.25, 0.3) is 11.1 Å². The second-order valence-corrected chi connectivity index (χ2v) is 3.55. The lowest BCUT2D eigenvalue weighted by molar-refractivity contribution is 0.184. The number of hydrogen-bond acceptors (Lipinski definition) is 4. The van der Waals surface area contributed by atoms with Crippen LogP contribution in [0.3, 0.4) is 0 Å². The molecule has 0 aliphatic heterocycles. The SMILES string of the molecule is COCCC(N)c1nc2cc(F)ccc2o1. The fraction of sp³-hybridized carbons (Fsp3) is 0.364. The molecular weight excluding hydrogens is 211 g/mol. The predicted molar refractivity (Wildman–Crippen MR) is 57.4 cm³/mol. The number of oxazole rings is 1. The zero-order chi connectivity index (χ0) is 11.5. The van der Waals surface area contributed by atoms with Crippen LogP contribution in [0.1, 0.15) is 18.4 Å². The molecule has 5 heteroatoms. The van der Waals surface area contributed by atoms with Crippen molar-refractivity contribution in [1.82, 2.24) is 4.98 Å². The highest BCUT2D eigenvalue weighted by molar-refractivity contribution is 5.72. The summed E-state index contributed by atoms with van der Waals surface area (Å²) in [7, 11) is 1.61. The standard InChI is InChI=1S/C11H13FN2O2/c1-15-5-4-8(13)11-14-9-6-7(12)2-3-10(9)16-11/h2-3,6,8H,4-5,13H2,1H3. The molecule has 0 aliphatic rings. The lowest BCUT2D eigenvalue weighted by Crippen LogP contribution is -2.12. The molecule has 0 fully saturated rings. The van der Waals surface area contributed by atoms with Gasteiger partial charge in [0.15, 0.2) is 5.58 Å². The summed E-state index contributed by atoms with van der Waals surface area (Å²) in [6, 6.07) is 3.88. The van der Waals surface area contributed by atoms with E-state index in [1.165, 1.54) is 12.1 Å². The molecule has 0 amide bonds. The van der Waals surface area contributed by atoms with Crippen LogP contribution in [-0.4, -0.2) is 18.7 Å². The molecule has 4 nitrogen and oxygen atoms in total. The summed E-state index contributed by atoms with van der Waals surface area (Å²) < 4.78 is 23.3. The Bertz CT molecular complexity index is 484. The quantitative estimate of drug-likeness (QED) is 0.862. The Morgan fingerprint density at radius 1 is 1.56 bits per heavy atom. The number of ether oxygens (including phenoxy) is 1. The van der Waals surface area contributed by atoms with E-state index in [9.17, 15) is 4.39 Å². The summed E-state index contributed by atoms with van der Waals surface area (Å²) in [6.07, 6.45) is 0.617. The predicted octanol–water partition coefficient (Wildman–Crippen LogP) is 2.00. The van der Waals surface area contributed by atoms with E-state index in [-0.39, 0.29) is 11.9 Å². The zero-order valence-corrected chi connectivity index (χ0v) is 8.94. The molecule has 86 valence electrons. The van der Waals surface area contributed by atoms with Gasteiger partial charge in [-0.1, -0.05) is 0 Å². The van der Waals surface area contributed by atoms with E-state index < -0.39 is 0 Å². The third-order valence-electron chi connectivity index (χ3n) is 2.32. The minimum absolute atomic E-state index is 0.324. The van der Waals surface area contributed by atoms with Crippen LogP contribution in [0.5, 0.6) is 0 Å². The van der Waals surface area contributed by atoms with Crippen LogP contribution in [0.4, 0.5) is 4.39 Å². The van der Waals surface area contributed by atoms with E-state index in [0.717, 1.165) is 0 Å². The van der Waals surface area contributed by atoms with Crippen molar-refractivity contribution in [2.45, 2.75) is 12.5 Å². The third kappa shape index (κ3) is 2.20. The molecule has 1 heterocycles. The van der Waals surface area contributed by atoms with Crippen LogP contribution in [-0.2, 0) is 4.74 Å². The first-order valence-corrected chi connectivity index (χ1v) is 5.01. The average Bonchev–Trinajstić information content (AvgIpc) is 2.68. The Morgan fingerprint density at radius 2 is 2.38 bits per heavy atom. The van der Waals surface area contributed by atoms with Crippen LogP contribution >= 0.6 is 0 Å². The number of hydrogen-bond donors (Lipinski definition) is 1. The van der Waals surface area contributed by atoms with Crippen molar-refractivity contribution in [1.29, 1.82) is 0 Å². The third-order valence-corrected chi connectivity index (χ3v) is 2.32. The molecule has 1 unspecified atom stereocenters. The number of methoxy groups -OCH3 is 1. The highest BCUT2D eigenvalue weighted by Gasteiger charge is 2.13. The summed E-state index contributed by atoms with van der Waals surface area (Å²) in [5, 5.41) is 0. The first-order valence-electron chi connectivity index (χ1n) is 5.01. The largest absolute Gasteiger partial charge is 0.439 e. The van der Waals surface area contributed by atoms with Gasteiger partial charge in [-0.2, -0.15) is 0 Å². The molecule has 1 aromatic heterocycles. The molecule has 2 N–H and O–H groups in total. The van der Waals surface area contributed by atoms with Crippen LogP contribution in [0.2, 0.25) is 0 Å². The first kappa shape index (κ1) is 11.0. The molecular formula is C11H13FN2O2. The molecule has 0 saturated carbocycles. The fourth-order valence-corrected chi connectivity index (χ4v) is 1.45. The Balaban J connectivity index is 2.25. The average molecular weight is 224 g/mol. The molecule has 0 saturated heterocycles. The van der Waals surface area contributed by atoms with Gasteiger partial charge >= 0.3 is 0 Å². The van der Waals surface area contributed by atoms with Gasteiger partial charge in [0.1, 0.15) is 11.3 Å². The monoisotopic (exact) mass is 224 g/mol. The molecule has 0 radical (unpaired) electrons. The highest BCUT2D eigenvalue weighted by Crippen LogP contribution is 2.21. The van der Waals surface area contributed by atoms with Crippen molar-refractivity contribution in [2.75, 3.05) is 13.7 Å². The van der Waals surface area contributed by atoms with Gasteiger partial charge in [0.05, 0.1) is 6.04 Å². The van der Waals surface area contributed by atoms with Gasteiger partial charge in [0.2, 0.25) is 5.89 Å². The Morgan fingerprint density at radius 3 is 3.12 bits per heavy atom. The molecule has 0 aliphatic carbocycles. The number of aromatic nitrogens is 1. The van der Waals surface area contributed by atoms with E-state index in [1.54, 1.807) is 13.2 Å². The molecule has 0 bridgehead atoms. The second-order valence-electron chi connectivity index (χ2n) is 3.55. The minimum Gasteiger partial charge on any atom is -0.439 e. The van der Waals surface area contributed by atoms with E-state index >= 15 is 0 Å². The van der Waals surface area contributed by atoms with Crippen LogP contribution in [0.15, 0.2) is 22.6 Å². The summed E-state index contributed by atoms with van der Waals surface area (Å²) in [4.78, 5) is 4.14. The molecule has 1 atom stereocenters. The van der Waals surface area contributed by atoms with Gasteiger partial charge in [-0.15, -0.1) is 0 Å². The van der Waals surface area contributed by atoms with Crippen molar-refractivity contribution >= 4 is 11.1 Å². The van der Waals surface area contributed by atoms with Crippen molar-refractivity contribution in [2.24, 2.45) is 5.73 Å². The van der Waals surface area contributed by atoms with Gasteiger partial charge in [-0.25, -0.2) is 9.37 Å². The molecule has 0 spiro atoms. The molecule has 2 aromatic rings. The number of rotatable bonds is 4. The second kappa shape index (κ2) is 4.59. The number of nitrogens with two attached hydrogens (primary N) is 1. The number of nitrogens with zero attached hydrogens (tertiary/aromatic N) is 1. The smallest absolute Gasteiger partial charge is 0.212 e. The highest BCUT2D eigenvalue weighted by atomic mass is 19.1. The summed E-state index contributed by atoms with van der Waals surface area (Å²) in [5.41, 5.74) is 6.89. The van der Waals surface area contributed by atoms with Crippen molar-refractivity contribution < 1.29 is 13.5 Å². The molecule has 16 heavy (non-hydrogen) atoms. The van der Waals surface area contributed by atoms with Gasteiger partial charge in [-0.3, -0.25) is 0 Å². The van der Waals surface area contributed by atoms with Gasteiger partial charge < -0.3 is 14.9 Å². The van der Waals surface area contributed by atoms with E-state index in [4.69, 9.17) is 14.9 Å². The lowest BCUT2D eigenvalue weighted by Gasteiger charge is -2.05. The van der Waals surface area contributed by atoms with Crippen molar-refractivity contribution in [3.8, 4) is 0 Å². The molecule has 2 rings (SSSR count). The Kier molecular flexibility index (Phi) is 3.17. The first-order chi connectivity index (χ1) is 7.70. The minimum atomic E-state index is -0.335. The van der Waals surface area contributed by atoms with Crippen LogP contribution in [0, 0.1) is 5.82 Å². The fourth-order valence-electron chi connectivity index (χ4n) is 1.45. The Hall–Kier alpha value is -1.46. The number of benzene rings is 1. The number of fused-ring (bicyclic) bond motifs is 1. The van der Waals surface area contributed by atoms with Gasteiger partial charge in [0, 0.05) is 19.8 Å². The zero-order valence-electron chi connectivity index (χ0n) is 8.94. The Labute approximate surface area is 92.2 Å². The normalized spacial score (nSPS) is 13.2. The topological polar surface area (TPSA) is 61.3 Å². The van der Waals surface area contributed by atoms with E-state index in [2.05, 4.69) is 4.98 Å². The van der Waals surface area contributed by atoms with E-state index in [1.807, 2.05) is 0 Å². The number of halogens is 1. The van der Waals surface area contributed by atoms with Crippen molar-refractivity contribution in [3.63, 3.8) is 0 Å². The van der Waals surface area contributed by atoms with E-state index in [0.29, 0.717) is 30.0 Å². The van der Waals surface area contributed by atoms with Crippen molar-refractivity contribution in [3.05, 3.63) is 29.9 Å². The van der Waals surface area contributed by atoms with Gasteiger partial charge in [0.25, 0.3) is 0 Å².